The Kier molecular flexibility index (Phi) is 5.19. The van der Waals surface area contributed by atoms with Crippen LogP contribution in [0.4, 0.5) is 5.82 Å². The zero-order valence-corrected chi connectivity index (χ0v) is 17.1. The van der Waals surface area contributed by atoms with Crippen molar-refractivity contribution in [1.29, 1.82) is 0 Å². The van der Waals surface area contributed by atoms with Gasteiger partial charge in [-0.1, -0.05) is 0 Å². The van der Waals surface area contributed by atoms with Crippen molar-refractivity contribution in [3.05, 3.63) is 41.2 Å². The van der Waals surface area contributed by atoms with E-state index in [1.54, 1.807) is 18.7 Å². The summed E-state index contributed by atoms with van der Waals surface area (Å²) in [5.74, 6) is 1.79. The van der Waals surface area contributed by atoms with E-state index in [1.807, 2.05) is 31.2 Å². The summed E-state index contributed by atoms with van der Waals surface area (Å²) in [7, 11) is 3.08. The number of aryl methyl sites for hydroxylation is 1. The number of aromatic hydroxyl groups is 1. The molecule has 3 aromatic rings. The molecule has 1 saturated heterocycles. The Balaban J connectivity index is 1.55. The highest BCUT2D eigenvalue weighted by Gasteiger charge is 2.24. The number of phenolic OH excluding ortho intramolecular Hbond substituents is 1. The normalized spacial score (nSPS) is 17.6. The molecule has 3 N–H and O–H groups in total. The van der Waals surface area contributed by atoms with Crippen LogP contribution in [0.3, 0.4) is 0 Å². The van der Waals surface area contributed by atoms with E-state index in [0.717, 1.165) is 55.1 Å². The molecular formula is C21H27N5O3. The largest absolute Gasteiger partial charge is 0.502 e. The molecule has 1 aliphatic heterocycles. The van der Waals surface area contributed by atoms with Gasteiger partial charge in [-0.15, -0.1) is 0 Å². The molecule has 0 aliphatic carbocycles. The standard InChI is InChI=1S/C21H27N5O3/c1-13-7-20-23-16(10-19(22)26(20)24-13)15-5-4-6-25(12-15)11-14-8-17(28-2)21(27)18(9-14)29-3/h7-10,15,27H,4-6,11-12,22H2,1-3H3/t15-/m1/s1. The number of ether oxygens (including phenoxy) is 2. The molecule has 8 heteroatoms. The first-order chi connectivity index (χ1) is 14.0. The van der Waals surface area contributed by atoms with Crippen LogP contribution >= 0.6 is 0 Å². The molecule has 0 spiro atoms. The molecule has 4 rings (SSSR count). The lowest BCUT2D eigenvalue weighted by atomic mass is 9.94. The number of nitrogens with two attached hydrogens (primary N) is 1. The van der Waals surface area contributed by atoms with Gasteiger partial charge < -0.3 is 20.3 Å². The summed E-state index contributed by atoms with van der Waals surface area (Å²) in [4.78, 5) is 7.20. The number of nitrogen functional groups attached to an aromatic ring is 1. The number of hydrogen-bond donors (Lipinski definition) is 2. The Bertz CT molecular complexity index is 1010. The summed E-state index contributed by atoms with van der Waals surface area (Å²) < 4.78 is 12.3. The van der Waals surface area contributed by atoms with E-state index in [4.69, 9.17) is 20.2 Å². The van der Waals surface area contributed by atoms with Gasteiger partial charge in [0.2, 0.25) is 5.75 Å². The predicted octanol–water partition coefficient (Wildman–Crippen LogP) is 2.72. The number of benzene rings is 1. The number of nitrogens with zero attached hydrogens (tertiary/aromatic N) is 4. The van der Waals surface area contributed by atoms with E-state index in [9.17, 15) is 5.11 Å². The number of piperidine rings is 1. The Morgan fingerprint density at radius 3 is 2.59 bits per heavy atom. The van der Waals surface area contributed by atoms with E-state index in [-0.39, 0.29) is 5.75 Å². The summed E-state index contributed by atoms with van der Waals surface area (Å²) in [6.07, 6.45) is 2.16. The molecule has 29 heavy (non-hydrogen) atoms. The molecule has 3 heterocycles. The van der Waals surface area contributed by atoms with Crippen molar-refractivity contribution in [3.63, 3.8) is 0 Å². The number of anilines is 1. The number of fused-ring (bicyclic) bond motifs is 1. The zero-order chi connectivity index (χ0) is 20.5. The molecule has 0 saturated carbocycles. The molecule has 1 aromatic carbocycles. The minimum atomic E-state index is 0.0272. The predicted molar refractivity (Wildman–Crippen MR) is 111 cm³/mol. The topological polar surface area (TPSA) is 98.1 Å². The first-order valence-corrected chi connectivity index (χ1v) is 9.77. The maximum Gasteiger partial charge on any atom is 0.200 e. The number of methoxy groups -OCH3 is 2. The van der Waals surface area contributed by atoms with Gasteiger partial charge in [0.25, 0.3) is 0 Å². The summed E-state index contributed by atoms with van der Waals surface area (Å²) >= 11 is 0. The molecule has 1 atom stereocenters. The average Bonchev–Trinajstić information content (AvgIpc) is 3.10. The van der Waals surface area contributed by atoms with E-state index in [1.165, 1.54) is 0 Å². The molecule has 1 aliphatic rings. The van der Waals surface area contributed by atoms with Gasteiger partial charge >= 0.3 is 0 Å². The van der Waals surface area contributed by atoms with Crippen molar-refractivity contribution >= 4 is 11.5 Å². The van der Waals surface area contributed by atoms with Gasteiger partial charge in [0.1, 0.15) is 5.82 Å². The van der Waals surface area contributed by atoms with Crippen LogP contribution in [-0.4, -0.2) is 51.9 Å². The maximum atomic E-state index is 10.1. The van der Waals surface area contributed by atoms with Crippen LogP contribution in [0.5, 0.6) is 17.2 Å². The number of rotatable bonds is 5. The molecule has 2 aromatic heterocycles. The Morgan fingerprint density at radius 1 is 1.17 bits per heavy atom. The fourth-order valence-electron chi connectivity index (χ4n) is 4.08. The molecule has 0 amide bonds. The SMILES string of the molecule is COc1cc(CN2CCC[C@@H](c3cc(N)n4nc(C)cc4n3)C2)cc(OC)c1O. The molecule has 0 unspecified atom stereocenters. The van der Waals surface area contributed by atoms with Crippen molar-refractivity contribution in [2.45, 2.75) is 32.2 Å². The van der Waals surface area contributed by atoms with Crippen LogP contribution in [0.1, 0.15) is 35.7 Å². The van der Waals surface area contributed by atoms with Gasteiger partial charge in [-0.2, -0.15) is 9.61 Å². The lowest BCUT2D eigenvalue weighted by Crippen LogP contribution is -2.34. The van der Waals surface area contributed by atoms with Crippen LogP contribution in [0.2, 0.25) is 0 Å². The molecular weight excluding hydrogens is 370 g/mol. The third-order valence-electron chi connectivity index (χ3n) is 5.47. The highest BCUT2D eigenvalue weighted by Crippen LogP contribution is 2.38. The smallest absolute Gasteiger partial charge is 0.200 e. The van der Waals surface area contributed by atoms with Crippen LogP contribution in [0.15, 0.2) is 24.3 Å². The first-order valence-electron chi connectivity index (χ1n) is 9.77. The second-order valence-electron chi connectivity index (χ2n) is 7.58. The maximum absolute atomic E-state index is 10.1. The third-order valence-corrected chi connectivity index (χ3v) is 5.47. The fourth-order valence-corrected chi connectivity index (χ4v) is 4.08. The van der Waals surface area contributed by atoms with Crippen LogP contribution < -0.4 is 15.2 Å². The minimum absolute atomic E-state index is 0.0272. The van der Waals surface area contributed by atoms with Crippen LogP contribution in [-0.2, 0) is 6.54 Å². The molecule has 1 fully saturated rings. The Hall–Kier alpha value is -3.00. The van der Waals surface area contributed by atoms with Crippen molar-refractivity contribution in [1.82, 2.24) is 19.5 Å². The van der Waals surface area contributed by atoms with Crippen molar-refractivity contribution in [2.75, 3.05) is 33.0 Å². The zero-order valence-electron chi connectivity index (χ0n) is 17.1. The van der Waals surface area contributed by atoms with E-state index >= 15 is 0 Å². The van der Waals surface area contributed by atoms with Crippen molar-refractivity contribution < 1.29 is 14.6 Å². The third kappa shape index (κ3) is 3.80. The number of hydrogen-bond acceptors (Lipinski definition) is 7. The average molecular weight is 397 g/mol. The monoisotopic (exact) mass is 397 g/mol. The van der Waals surface area contributed by atoms with Gasteiger partial charge in [0, 0.05) is 31.1 Å². The highest BCUT2D eigenvalue weighted by molar-refractivity contribution is 5.53. The number of phenols is 1. The molecule has 0 bridgehead atoms. The number of likely N-dealkylation sites (tertiary alicyclic amines) is 1. The molecule has 154 valence electrons. The lowest BCUT2D eigenvalue weighted by Gasteiger charge is -2.32. The van der Waals surface area contributed by atoms with E-state index in [2.05, 4.69) is 10.00 Å². The summed E-state index contributed by atoms with van der Waals surface area (Å²) in [6.45, 7) is 4.58. The molecule has 0 radical (unpaired) electrons. The van der Waals surface area contributed by atoms with E-state index in [0.29, 0.717) is 23.2 Å². The summed E-state index contributed by atoms with van der Waals surface area (Å²) in [5.41, 5.74) is 9.96. The van der Waals surface area contributed by atoms with Gasteiger partial charge in [0.15, 0.2) is 17.1 Å². The highest BCUT2D eigenvalue weighted by atomic mass is 16.5. The second kappa shape index (κ2) is 7.79. The van der Waals surface area contributed by atoms with Gasteiger partial charge in [-0.05, 0) is 44.0 Å². The minimum Gasteiger partial charge on any atom is -0.502 e. The Labute approximate surface area is 169 Å². The first kappa shape index (κ1) is 19.3. The molecule has 8 nitrogen and oxygen atoms in total. The Morgan fingerprint density at radius 2 is 1.90 bits per heavy atom. The van der Waals surface area contributed by atoms with Crippen molar-refractivity contribution in [3.8, 4) is 17.2 Å². The van der Waals surface area contributed by atoms with Gasteiger partial charge in [-0.25, -0.2) is 4.98 Å². The fraction of sp³-hybridized carbons (Fsp3) is 0.429. The van der Waals surface area contributed by atoms with Crippen LogP contribution in [0, 0.1) is 6.92 Å². The van der Waals surface area contributed by atoms with Gasteiger partial charge in [-0.3, -0.25) is 4.90 Å². The van der Waals surface area contributed by atoms with Crippen LogP contribution in [0.25, 0.3) is 5.65 Å². The van der Waals surface area contributed by atoms with E-state index < -0.39 is 0 Å². The quantitative estimate of drug-likeness (QED) is 0.683. The lowest BCUT2D eigenvalue weighted by molar-refractivity contribution is 0.198. The second-order valence-corrected chi connectivity index (χ2v) is 7.58. The number of aromatic nitrogens is 3. The van der Waals surface area contributed by atoms with Gasteiger partial charge in [0.05, 0.1) is 25.6 Å². The van der Waals surface area contributed by atoms with Crippen molar-refractivity contribution in [2.24, 2.45) is 0 Å². The summed E-state index contributed by atoms with van der Waals surface area (Å²) in [5, 5.41) is 14.5. The summed E-state index contributed by atoms with van der Waals surface area (Å²) in [6, 6.07) is 7.62.